The maximum absolute atomic E-state index is 14.4. The predicted octanol–water partition coefficient (Wildman–Crippen LogP) is 4.82. The number of urea groups is 1. The van der Waals surface area contributed by atoms with E-state index in [-0.39, 0.29) is 48.2 Å². The van der Waals surface area contributed by atoms with Gasteiger partial charge in [-0.15, -0.1) is 0 Å². The number of oxime groups is 1. The van der Waals surface area contributed by atoms with Gasteiger partial charge in [-0.05, 0) is 78.5 Å². The van der Waals surface area contributed by atoms with Crippen molar-refractivity contribution in [1.29, 1.82) is 0 Å². The summed E-state index contributed by atoms with van der Waals surface area (Å²) in [4.78, 5) is 35.8. The third-order valence-corrected chi connectivity index (χ3v) is 12.4. The van der Waals surface area contributed by atoms with Gasteiger partial charge in [0, 0.05) is 45.1 Å². The number of aryl methyl sites for hydroxylation is 1. The van der Waals surface area contributed by atoms with Gasteiger partial charge in [0.25, 0.3) is 0 Å². The van der Waals surface area contributed by atoms with Crippen molar-refractivity contribution in [1.82, 2.24) is 24.4 Å². The van der Waals surface area contributed by atoms with Crippen LogP contribution in [0, 0.1) is 18.8 Å². The summed E-state index contributed by atoms with van der Waals surface area (Å²) in [6.07, 6.45) is 8.18. The van der Waals surface area contributed by atoms with Crippen LogP contribution in [-0.2, 0) is 27.8 Å². The average Bonchev–Trinajstić information content (AvgIpc) is 3.79. The van der Waals surface area contributed by atoms with E-state index in [1.807, 2.05) is 57.2 Å². The molecular formula is C39H52N6O6S. The zero-order valence-corrected chi connectivity index (χ0v) is 31.2. The second-order valence-corrected chi connectivity index (χ2v) is 16.1. The van der Waals surface area contributed by atoms with Gasteiger partial charge in [-0.2, -0.15) is 4.31 Å². The van der Waals surface area contributed by atoms with Gasteiger partial charge in [-0.3, -0.25) is 9.78 Å². The lowest BCUT2D eigenvalue weighted by atomic mass is 9.95. The Labute approximate surface area is 307 Å². The molecule has 3 amide bonds. The Balaban J connectivity index is 1.40. The summed E-state index contributed by atoms with van der Waals surface area (Å²) < 4.78 is 29.6. The molecule has 2 fully saturated rings. The van der Waals surface area contributed by atoms with Crippen LogP contribution in [0.3, 0.4) is 0 Å². The number of aromatic nitrogens is 1. The molecule has 5 rings (SSSR count). The number of sulfonamides is 1. The third kappa shape index (κ3) is 9.55. The van der Waals surface area contributed by atoms with Gasteiger partial charge in [0.1, 0.15) is 6.04 Å². The van der Waals surface area contributed by atoms with E-state index < -0.39 is 28.2 Å². The number of aliphatic hydroxyl groups is 1. The van der Waals surface area contributed by atoms with Crippen LogP contribution < -0.4 is 5.32 Å². The van der Waals surface area contributed by atoms with E-state index >= 15 is 0 Å². The molecule has 280 valence electrons. The highest BCUT2D eigenvalue weighted by Crippen LogP contribution is 2.29. The lowest BCUT2D eigenvalue weighted by molar-refractivity contribution is -0.128. The molecule has 13 heteroatoms. The van der Waals surface area contributed by atoms with Crippen molar-refractivity contribution >= 4 is 28.2 Å². The van der Waals surface area contributed by atoms with E-state index in [2.05, 4.69) is 15.5 Å². The number of hydrogen-bond donors (Lipinski definition) is 3. The summed E-state index contributed by atoms with van der Waals surface area (Å²) in [6, 6.07) is 15.6. The molecule has 2 aliphatic rings. The summed E-state index contributed by atoms with van der Waals surface area (Å²) >= 11 is 0. The molecule has 3 aromatic rings. The maximum Gasteiger partial charge on any atom is 0.321 e. The van der Waals surface area contributed by atoms with Crippen LogP contribution in [-0.4, -0.2) is 100 Å². The van der Waals surface area contributed by atoms with Crippen molar-refractivity contribution in [3.05, 3.63) is 95.3 Å². The monoisotopic (exact) mass is 732 g/mol. The summed E-state index contributed by atoms with van der Waals surface area (Å²) in [5, 5.41) is 27.0. The molecule has 2 heterocycles. The number of pyridine rings is 1. The summed E-state index contributed by atoms with van der Waals surface area (Å²) in [6.45, 7) is 7.15. The topological polar surface area (TPSA) is 156 Å². The minimum Gasteiger partial charge on any atom is -0.411 e. The van der Waals surface area contributed by atoms with E-state index in [4.69, 9.17) is 5.21 Å². The van der Waals surface area contributed by atoms with Gasteiger partial charge in [-0.25, -0.2) is 13.2 Å². The fourth-order valence-electron chi connectivity index (χ4n) is 7.25. The van der Waals surface area contributed by atoms with E-state index in [1.165, 1.54) is 22.7 Å². The molecule has 12 nitrogen and oxygen atoms in total. The second kappa shape index (κ2) is 17.9. The Morgan fingerprint density at radius 3 is 2.46 bits per heavy atom. The van der Waals surface area contributed by atoms with Gasteiger partial charge in [0.15, 0.2) is 0 Å². The Bertz CT molecular complexity index is 1770. The summed E-state index contributed by atoms with van der Waals surface area (Å²) in [7, 11) is -4.05. The van der Waals surface area contributed by atoms with Crippen LogP contribution in [0.5, 0.6) is 0 Å². The van der Waals surface area contributed by atoms with Gasteiger partial charge in [0.2, 0.25) is 15.9 Å². The first-order valence-electron chi connectivity index (χ1n) is 18.3. The molecule has 1 saturated carbocycles. The first-order valence-corrected chi connectivity index (χ1v) is 19.7. The molecule has 1 saturated heterocycles. The first-order chi connectivity index (χ1) is 25.0. The third-order valence-electron chi connectivity index (χ3n) is 10.6. The number of rotatable bonds is 17. The van der Waals surface area contributed by atoms with Crippen LogP contribution in [0.1, 0.15) is 68.2 Å². The van der Waals surface area contributed by atoms with E-state index in [0.29, 0.717) is 31.6 Å². The predicted molar refractivity (Wildman–Crippen MR) is 199 cm³/mol. The number of nitrogens with zero attached hydrogens (tertiary/aromatic N) is 5. The Hall–Kier alpha value is -4.33. The van der Waals surface area contributed by atoms with Gasteiger partial charge in [0.05, 0.1) is 23.3 Å². The van der Waals surface area contributed by atoms with Crippen molar-refractivity contribution < 1.29 is 28.3 Å². The number of aliphatic hydroxyl groups excluding tert-OH is 1. The Morgan fingerprint density at radius 1 is 1.10 bits per heavy atom. The maximum atomic E-state index is 14.4. The SMILES string of the molecule is CCC(C)C(C(=O)N[C@@H](Cc1ccccc1)[C@H](O)CN(CC1CCCC1)S(=O)(=O)c1ccc(/C=N/O)cc1)N1CCN(Cc2cnccc2C)C1=O. The molecule has 52 heavy (non-hydrogen) atoms. The molecule has 0 bridgehead atoms. The van der Waals surface area contributed by atoms with Gasteiger partial charge < -0.3 is 25.4 Å². The number of nitrogens with one attached hydrogen (secondary N) is 1. The number of carbonyl (C=O) groups is 2. The minimum atomic E-state index is -4.05. The van der Waals surface area contributed by atoms with Crippen molar-refractivity contribution in [3.63, 3.8) is 0 Å². The quantitative estimate of drug-likeness (QED) is 0.102. The Morgan fingerprint density at radius 2 is 1.81 bits per heavy atom. The zero-order valence-electron chi connectivity index (χ0n) is 30.3. The largest absolute Gasteiger partial charge is 0.411 e. The van der Waals surface area contributed by atoms with Crippen molar-refractivity contribution in [2.24, 2.45) is 17.0 Å². The highest BCUT2D eigenvalue weighted by molar-refractivity contribution is 7.89. The van der Waals surface area contributed by atoms with Crippen molar-refractivity contribution in [3.8, 4) is 0 Å². The second-order valence-electron chi connectivity index (χ2n) is 14.2. The molecule has 3 N–H and O–H groups in total. The Kier molecular flexibility index (Phi) is 13.4. The molecule has 1 aromatic heterocycles. The van der Waals surface area contributed by atoms with Gasteiger partial charge >= 0.3 is 6.03 Å². The molecule has 4 atom stereocenters. The van der Waals surface area contributed by atoms with E-state index in [1.54, 1.807) is 34.3 Å². The lowest BCUT2D eigenvalue weighted by Crippen LogP contribution is -2.57. The average molecular weight is 733 g/mol. The van der Waals surface area contributed by atoms with Crippen LogP contribution >= 0.6 is 0 Å². The number of amides is 3. The van der Waals surface area contributed by atoms with Crippen molar-refractivity contribution in [2.75, 3.05) is 26.2 Å². The van der Waals surface area contributed by atoms with E-state index in [9.17, 15) is 23.1 Å². The number of carbonyl (C=O) groups excluding carboxylic acids is 2. The molecule has 1 aliphatic carbocycles. The number of benzene rings is 2. The van der Waals surface area contributed by atoms with Crippen LogP contribution in [0.4, 0.5) is 4.79 Å². The standard InChI is InChI=1S/C39H52N6O6S/c1-4-28(2)37(45-21-20-43(39(45)48)26-33-24-40-19-18-29(33)3)38(47)42-35(22-30-10-6-5-7-11-30)36(46)27-44(25-32-12-8-9-13-32)52(50,51)34-16-14-31(15-17-34)23-41-49/h5-7,10-11,14-19,23-24,28,32,35-37,46,49H,4,8-9,12-13,20-22,25-27H2,1-3H3,(H,42,47)/b41-23+/t28?,35-,36+,37?/m0/s1. The molecular weight excluding hydrogens is 681 g/mol. The van der Waals surface area contributed by atoms with E-state index in [0.717, 1.165) is 42.4 Å². The molecule has 2 unspecified atom stereocenters. The normalized spacial score (nSPS) is 17.9. The lowest BCUT2D eigenvalue weighted by Gasteiger charge is -2.35. The van der Waals surface area contributed by atoms with Crippen LogP contribution in [0.15, 0.2) is 83.1 Å². The highest BCUT2D eigenvalue weighted by Gasteiger charge is 2.41. The first kappa shape index (κ1) is 38.9. The molecule has 1 aliphatic heterocycles. The van der Waals surface area contributed by atoms with Crippen LogP contribution in [0.2, 0.25) is 0 Å². The van der Waals surface area contributed by atoms with Crippen molar-refractivity contribution in [2.45, 2.75) is 88.9 Å². The molecule has 0 radical (unpaired) electrons. The van der Waals surface area contributed by atoms with Crippen LogP contribution in [0.25, 0.3) is 0 Å². The summed E-state index contributed by atoms with van der Waals surface area (Å²) in [5.41, 5.74) is 3.39. The van der Waals surface area contributed by atoms with Gasteiger partial charge in [-0.1, -0.05) is 80.7 Å². The number of hydrogen-bond acceptors (Lipinski definition) is 8. The zero-order chi connectivity index (χ0) is 37.3. The summed E-state index contributed by atoms with van der Waals surface area (Å²) in [5.74, 6) is -0.413. The highest BCUT2D eigenvalue weighted by atomic mass is 32.2. The molecule has 0 spiro atoms. The fourth-order valence-corrected chi connectivity index (χ4v) is 8.79. The smallest absolute Gasteiger partial charge is 0.321 e. The minimum absolute atomic E-state index is 0.0619. The molecule has 2 aromatic carbocycles. The fraction of sp³-hybridized carbons (Fsp3) is 0.487.